The summed E-state index contributed by atoms with van der Waals surface area (Å²) >= 11 is 0. The maximum Gasteiger partial charge on any atom is 0.410 e. The molecule has 0 saturated carbocycles. The minimum Gasteiger partial charge on any atom is -0.444 e. The summed E-state index contributed by atoms with van der Waals surface area (Å²) in [6, 6.07) is 5.71. The molecule has 4 aromatic rings. The number of aryl methyl sites for hydroxylation is 1. The van der Waals surface area contributed by atoms with E-state index in [-0.39, 0.29) is 70.5 Å². The molecule has 0 spiro atoms. The van der Waals surface area contributed by atoms with Crippen molar-refractivity contribution < 1.29 is 25.2 Å². The number of amides is 1. The molecule has 1 atom stereocenters. The van der Waals surface area contributed by atoms with Gasteiger partial charge in [-0.15, -0.1) is 0 Å². The third-order valence-electron chi connectivity index (χ3n) is 7.51. The lowest BCUT2D eigenvalue weighted by Crippen LogP contribution is -2.55. The molecule has 0 aliphatic carbocycles. The summed E-state index contributed by atoms with van der Waals surface area (Å²) < 4.78 is 78.5. The van der Waals surface area contributed by atoms with Crippen molar-refractivity contribution in [1.29, 1.82) is 0 Å². The lowest BCUT2D eigenvalue weighted by atomic mass is 10.0. The minimum atomic E-state index is -2.72. The average Bonchev–Trinajstić information content (AvgIpc) is 2.99. The van der Waals surface area contributed by atoms with E-state index in [1.807, 2.05) is 0 Å². The first kappa shape index (κ1) is 25.6. The zero-order valence-corrected chi connectivity index (χ0v) is 26.0. The second kappa shape index (κ2) is 12.0. The molecule has 0 N–H and O–H groups in total. The molecule has 236 valence electrons. The monoisotopic (exact) mass is 621 g/mol. The van der Waals surface area contributed by atoms with E-state index >= 15 is 8.78 Å². The van der Waals surface area contributed by atoms with Crippen molar-refractivity contribution in [3.63, 3.8) is 0 Å². The summed E-state index contributed by atoms with van der Waals surface area (Å²) in [5, 5.41) is 0.0218. The van der Waals surface area contributed by atoms with E-state index in [0.29, 0.717) is 0 Å². The molecule has 3 aromatic heterocycles. The molecule has 4 heterocycles. The van der Waals surface area contributed by atoms with Gasteiger partial charge in [-0.2, -0.15) is 4.98 Å². The van der Waals surface area contributed by atoms with Gasteiger partial charge in [0.05, 0.1) is 19.5 Å². The van der Waals surface area contributed by atoms with Gasteiger partial charge in [0.25, 0.3) is 0 Å². The van der Waals surface area contributed by atoms with Crippen LogP contribution in [-0.2, 0) is 4.74 Å². The Morgan fingerprint density at radius 2 is 1.98 bits per heavy atom. The number of benzene rings is 1. The summed E-state index contributed by atoms with van der Waals surface area (Å²) in [4.78, 5) is 43.7. The maximum absolute atomic E-state index is 16.3. The highest BCUT2D eigenvalue weighted by Crippen LogP contribution is 2.35. The van der Waals surface area contributed by atoms with Crippen LogP contribution in [0.1, 0.15) is 71.1 Å². The first-order valence-corrected chi connectivity index (χ1v) is 14.6. The second-order valence-electron chi connectivity index (χ2n) is 12.3. The van der Waals surface area contributed by atoms with Crippen LogP contribution in [0.3, 0.4) is 0 Å². The van der Waals surface area contributed by atoms with Crippen LogP contribution in [0.4, 0.5) is 19.4 Å². The predicted octanol–water partition coefficient (Wildman–Crippen LogP) is 6.64. The van der Waals surface area contributed by atoms with Gasteiger partial charge in [0.1, 0.15) is 22.9 Å². The van der Waals surface area contributed by atoms with E-state index in [1.54, 1.807) is 46.4 Å². The molecule has 9 nitrogen and oxygen atoms in total. The summed E-state index contributed by atoms with van der Waals surface area (Å²) in [5.74, 6) is -2.23. The number of anilines is 1. The van der Waals surface area contributed by atoms with Crippen LogP contribution in [0, 0.1) is 18.5 Å². The van der Waals surface area contributed by atoms with Crippen LogP contribution in [0.15, 0.2) is 47.9 Å². The van der Waals surface area contributed by atoms with Crippen molar-refractivity contribution in [1.82, 2.24) is 24.4 Å². The Kier molecular flexibility index (Phi) is 6.85. The highest BCUT2D eigenvalue weighted by atomic mass is 19.1. The SMILES string of the molecule is [2H]C([2H])=Cc1cccc(F)c1-c1nc2c(cc1F)c(N1CCN(C(=O)OC(C)(C)C)C[C@@H]1C)nc(=O)n2-c1c(C([2H])([2H])[2H])ccnc1C(C)C. The number of halogens is 2. The summed E-state index contributed by atoms with van der Waals surface area (Å²) in [6.07, 6.45) is 1.85. The number of hydrogen-bond donors (Lipinski definition) is 0. The highest BCUT2D eigenvalue weighted by molar-refractivity contribution is 5.91. The number of piperazine rings is 1. The Bertz CT molecular complexity index is 2060. The molecule has 1 fully saturated rings. The van der Waals surface area contributed by atoms with Crippen molar-refractivity contribution in [3.8, 4) is 16.9 Å². The maximum atomic E-state index is 16.3. The lowest BCUT2D eigenvalue weighted by Gasteiger charge is -2.41. The number of carbonyl (C=O) groups excluding carboxylic acids is 1. The zero-order valence-electron chi connectivity index (χ0n) is 31.0. The topological polar surface area (TPSA) is 93.5 Å². The van der Waals surface area contributed by atoms with E-state index < -0.39 is 54.1 Å². The summed E-state index contributed by atoms with van der Waals surface area (Å²) in [7, 11) is 0. The molecule has 45 heavy (non-hydrogen) atoms. The van der Waals surface area contributed by atoms with Crippen LogP contribution < -0.4 is 10.6 Å². The Morgan fingerprint density at radius 1 is 1.20 bits per heavy atom. The number of ether oxygens (including phenoxy) is 1. The molecule has 0 unspecified atom stereocenters. The van der Waals surface area contributed by atoms with Crippen LogP contribution in [0.25, 0.3) is 34.1 Å². The molecule has 5 rings (SSSR count). The Labute approximate surface area is 268 Å². The van der Waals surface area contributed by atoms with Crippen molar-refractivity contribution >= 4 is 29.0 Å². The molecule has 1 saturated heterocycles. The first-order chi connectivity index (χ1) is 23.3. The fourth-order valence-electron chi connectivity index (χ4n) is 5.50. The molecule has 1 aliphatic rings. The summed E-state index contributed by atoms with van der Waals surface area (Å²) in [5.41, 5.74) is -2.83. The lowest BCUT2D eigenvalue weighted by molar-refractivity contribution is 0.0218. The van der Waals surface area contributed by atoms with Crippen molar-refractivity contribution in [2.24, 2.45) is 0 Å². The number of nitrogens with zero attached hydrogens (tertiary/aromatic N) is 6. The molecule has 0 radical (unpaired) electrons. The predicted molar refractivity (Wildman–Crippen MR) is 172 cm³/mol. The first-order valence-electron chi connectivity index (χ1n) is 17.1. The number of carbonyl (C=O) groups is 1. The molecular weight excluding hydrogens is 578 g/mol. The van der Waals surface area contributed by atoms with Gasteiger partial charge in [-0.25, -0.2) is 27.9 Å². The number of hydrogen-bond acceptors (Lipinski definition) is 7. The van der Waals surface area contributed by atoms with E-state index in [4.69, 9.17) is 11.6 Å². The Morgan fingerprint density at radius 3 is 2.64 bits per heavy atom. The van der Waals surface area contributed by atoms with E-state index in [9.17, 15) is 9.59 Å². The molecule has 1 aromatic carbocycles. The number of aromatic nitrogens is 4. The van der Waals surface area contributed by atoms with Gasteiger partial charge >= 0.3 is 11.8 Å². The van der Waals surface area contributed by atoms with Crippen LogP contribution >= 0.6 is 0 Å². The molecule has 0 bridgehead atoms. The fraction of sp³-hybridized carbons (Fsp3) is 0.382. The van der Waals surface area contributed by atoms with E-state index in [2.05, 4.69) is 15.0 Å². The van der Waals surface area contributed by atoms with Gasteiger partial charge in [-0.3, -0.25) is 4.98 Å². The summed E-state index contributed by atoms with van der Waals surface area (Å²) in [6.45, 7) is 7.79. The average molecular weight is 622 g/mol. The van der Waals surface area contributed by atoms with Crippen LogP contribution in [0.5, 0.6) is 0 Å². The Hall–Kier alpha value is -4.67. The van der Waals surface area contributed by atoms with Gasteiger partial charge in [-0.1, -0.05) is 38.6 Å². The standard InChI is InChI=1S/C34H38F2N6O3/c1-9-22-11-10-12-24(35)26(22)28-25(36)17-23-30(41-16-15-40(18-21(41)5)33(44)45-34(6,7)8)39-32(43)42(31(23)38-28)29-20(4)13-14-37-27(29)19(2)3/h9-14,17,19,21H,1,15-16,18H2,2-8H3/t21-/m0/s1/i1D2,4D3. The minimum absolute atomic E-state index is 0.00163. The molecular formula is C34H38F2N6O3. The normalized spacial score (nSPS) is 17.4. The van der Waals surface area contributed by atoms with Gasteiger partial charge in [0.2, 0.25) is 0 Å². The number of fused-ring (bicyclic) bond motifs is 1. The van der Waals surface area contributed by atoms with Crippen molar-refractivity contribution in [2.45, 2.75) is 66.0 Å². The number of pyridine rings is 2. The quantitative estimate of drug-likeness (QED) is 0.247. The van der Waals surface area contributed by atoms with E-state index in [0.717, 1.165) is 22.8 Å². The smallest absolute Gasteiger partial charge is 0.410 e. The van der Waals surface area contributed by atoms with Crippen molar-refractivity contribution in [2.75, 3.05) is 24.5 Å². The molecule has 1 aliphatic heterocycles. The number of rotatable bonds is 5. The third kappa shape index (κ3) is 6.03. The van der Waals surface area contributed by atoms with Crippen LogP contribution in [-0.4, -0.2) is 61.8 Å². The molecule has 11 heteroatoms. The van der Waals surface area contributed by atoms with Crippen LogP contribution in [0.2, 0.25) is 0 Å². The van der Waals surface area contributed by atoms with E-state index in [1.165, 1.54) is 29.3 Å². The Balaban J connectivity index is 1.83. The largest absolute Gasteiger partial charge is 0.444 e. The van der Waals surface area contributed by atoms with Gasteiger partial charge < -0.3 is 14.5 Å². The highest BCUT2D eigenvalue weighted by Gasteiger charge is 2.33. The second-order valence-corrected chi connectivity index (χ2v) is 12.3. The van der Waals surface area contributed by atoms with Gasteiger partial charge in [-0.05, 0) is 69.8 Å². The van der Waals surface area contributed by atoms with Gasteiger partial charge in [0.15, 0.2) is 11.5 Å². The zero-order chi connectivity index (χ0) is 36.9. The fourth-order valence-corrected chi connectivity index (χ4v) is 5.50. The molecule has 1 amide bonds. The van der Waals surface area contributed by atoms with Crippen molar-refractivity contribution in [3.05, 3.63) is 82.0 Å². The third-order valence-corrected chi connectivity index (χ3v) is 7.51. The van der Waals surface area contributed by atoms with Gasteiger partial charge in [0, 0.05) is 41.5 Å².